The van der Waals surface area contributed by atoms with Crippen LogP contribution in [0.1, 0.15) is 37.9 Å². The molecule has 0 saturated heterocycles. The molecule has 0 atom stereocenters. The molecule has 1 fully saturated rings. The third kappa shape index (κ3) is 4.30. The summed E-state index contributed by atoms with van der Waals surface area (Å²) in [5.74, 6) is 1.30. The highest BCUT2D eigenvalue weighted by Crippen LogP contribution is 2.35. The number of nitrogens with zero attached hydrogens (tertiary/aromatic N) is 3. The number of rotatable bonds is 5. The number of halogens is 3. The molecule has 1 aliphatic carbocycles. The van der Waals surface area contributed by atoms with Crippen LogP contribution in [0.15, 0.2) is 36.5 Å². The number of benzene rings is 1. The molecule has 2 aromatic rings. The van der Waals surface area contributed by atoms with E-state index in [-0.39, 0.29) is 11.7 Å². The van der Waals surface area contributed by atoms with E-state index in [1.807, 2.05) is 0 Å². The maximum absolute atomic E-state index is 12.2. The molecule has 26 heavy (non-hydrogen) atoms. The van der Waals surface area contributed by atoms with Gasteiger partial charge in [-0.2, -0.15) is 13.2 Å². The number of alkyl halides is 3. The lowest BCUT2D eigenvalue weighted by atomic mass is 9.85. The van der Waals surface area contributed by atoms with Gasteiger partial charge in [-0.25, -0.2) is 9.97 Å². The van der Waals surface area contributed by atoms with E-state index >= 15 is 0 Å². The number of anilines is 2. The second kappa shape index (κ2) is 7.31. The molecule has 1 saturated carbocycles. The zero-order chi connectivity index (χ0) is 18.7. The Morgan fingerprint density at radius 3 is 2.46 bits per heavy atom. The number of hydrogen-bond acceptors (Lipinski definition) is 4. The van der Waals surface area contributed by atoms with Gasteiger partial charge in [0.25, 0.3) is 0 Å². The van der Waals surface area contributed by atoms with Gasteiger partial charge in [0.2, 0.25) is 5.91 Å². The number of ether oxygens (including phenoxy) is 1. The zero-order valence-corrected chi connectivity index (χ0v) is 14.2. The highest BCUT2D eigenvalue weighted by Gasteiger charge is 2.28. The number of hydrogen-bond donors (Lipinski definition) is 0. The molecule has 0 aliphatic heterocycles. The Bertz CT molecular complexity index is 774. The van der Waals surface area contributed by atoms with Crippen molar-refractivity contribution < 1.29 is 22.7 Å². The van der Waals surface area contributed by atoms with Crippen molar-refractivity contribution in [3.05, 3.63) is 42.4 Å². The van der Waals surface area contributed by atoms with Gasteiger partial charge in [-0.05, 0) is 43.2 Å². The van der Waals surface area contributed by atoms with Crippen LogP contribution >= 0.6 is 0 Å². The van der Waals surface area contributed by atoms with E-state index in [9.17, 15) is 18.0 Å². The van der Waals surface area contributed by atoms with Crippen molar-refractivity contribution in [2.45, 2.75) is 38.3 Å². The lowest BCUT2D eigenvalue weighted by Crippen LogP contribution is -2.25. The number of aromatic nitrogens is 2. The minimum absolute atomic E-state index is 0.0763. The van der Waals surface area contributed by atoms with E-state index in [4.69, 9.17) is 4.74 Å². The van der Waals surface area contributed by atoms with Gasteiger partial charge in [0.05, 0.1) is 5.69 Å². The molecule has 1 heterocycles. The number of amides is 1. The summed E-state index contributed by atoms with van der Waals surface area (Å²) in [6.45, 7) is 0.0403. The molecule has 3 rings (SSSR count). The average molecular weight is 365 g/mol. The van der Waals surface area contributed by atoms with Gasteiger partial charge >= 0.3 is 6.18 Å². The molecule has 1 aromatic carbocycles. The maximum Gasteiger partial charge on any atom is 0.422 e. The van der Waals surface area contributed by atoms with Gasteiger partial charge in [0, 0.05) is 19.0 Å². The van der Waals surface area contributed by atoms with Gasteiger partial charge in [-0.15, -0.1) is 0 Å². The van der Waals surface area contributed by atoms with Crippen LogP contribution in [0.5, 0.6) is 5.75 Å². The first-order valence-electron chi connectivity index (χ1n) is 8.27. The van der Waals surface area contributed by atoms with E-state index in [0.717, 1.165) is 19.3 Å². The second-order valence-electron chi connectivity index (χ2n) is 6.15. The van der Waals surface area contributed by atoms with E-state index in [0.29, 0.717) is 23.2 Å². The van der Waals surface area contributed by atoms with Crippen LogP contribution in [-0.4, -0.2) is 28.7 Å². The molecule has 0 radical (unpaired) electrons. The largest absolute Gasteiger partial charge is 0.484 e. The average Bonchev–Trinajstić information content (AvgIpc) is 2.52. The lowest BCUT2D eigenvalue weighted by Gasteiger charge is -2.26. The van der Waals surface area contributed by atoms with Gasteiger partial charge in [-0.1, -0.05) is 6.42 Å². The van der Waals surface area contributed by atoms with Crippen molar-refractivity contribution in [1.82, 2.24) is 9.97 Å². The molecule has 1 aromatic heterocycles. The summed E-state index contributed by atoms with van der Waals surface area (Å²) in [6.07, 6.45) is 0.438. The summed E-state index contributed by atoms with van der Waals surface area (Å²) in [5, 5.41) is 0. The Kier molecular flexibility index (Phi) is 5.11. The van der Waals surface area contributed by atoms with E-state index in [1.54, 1.807) is 12.3 Å². The summed E-state index contributed by atoms with van der Waals surface area (Å²) < 4.78 is 41.4. The van der Waals surface area contributed by atoms with E-state index in [2.05, 4.69) is 9.97 Å². The summed E-state index contributed by atoms with van der Waals surface area (Å²) >= 11 is 0. The van der Waals surface area contributed by atoms with E-state index in [1.165, 1.54) is 36.1 Å². The van der Waals surface area contributed by atoms with Crippen LogP contribution in [0.25, 0.3) is 0 Å². The highest BCUT2D eigenvalue weighted by atomic mass is 19.4. The Hall–Kier alpha value is -2.64. The summed E-state index contributed by atoms with van der Waals surface area (Å²) in [7, 11) is 0. The fraction of sp³-hybridized carbons (Fsp3) is 0.389. The fourth-order valence-corrected chi connectivity index (χ4v) is 2.68. The van der Waals surface area contributed by atoms with E-state index < -0.39 is 12.8 Å². The molecule has 0 spiro atoms. The van der Waals surface area contributed by atoms with Gasteiger partial charge in [0.15, 0.2) is 6.61 Å². The Labute approximate surface area is 148 Å². The predicted octanol–water partition coefficient (Wildman–Crippen LogP) is 4.37. The predicted molar refractivity (Wildman–Crippen MR) is 89.4 cm³/mol. The van der Waals surface area contributed by atoms with Crippen LogP contribution in [0.3, 0.4) is 0 Å². The third-order valence-corrected chi connectivity index (χ3v) is 4.17. The second-order valence-corrected chi connectivity index (χ2v) is 6.15. The van der Waals surface area contributed by atoms with Crippen molar-refractivity contribution >= 4 is 17.4 Å². The Balaban J connectivity index is 1.81. The van der Waals surface area contributed by atoms with Crippen LogP contribution in [-0.2, 0) is 4.79 Å². The minimum atomic E-state index is -4.40. The summed E-state index contributed by atoms with van der Waals surface area (Å²) in [6, 6.07) is 7.48. The van der Waals surface area contributed by atoms with Gasteiger partial charge in [0.1, 0.15) is 17.4 Å². The quantitative estimate of drug-likeness (QED) is 0.790. The van der Waals surface area contributed by atoms with Crippen molar-refractivity contribution in [2.75, 3.05) is 11.5 Å². The van der Waals surface area contributed by atoms with Gasteiger partial charge in [-0.3, -0.25) is 9.69 Å². The molecule has 0 unspecified atom stereocenters. The highest BCUT2D eigenvalue weighted by molar-refractivity contribution is 5.98. The normalized spacial score (nSPS) is 14.6. The van der Waals surface area contributed by atoms with Crippen molar-refractivity contribution in [3.63, 3.8) is 0 Å². The first-order chi connectivity index (χ1) is 12.3. The van der Waals surface area contributed by atoms with Crippen LogP contribution in [0, 0.1) is 0 Å². The third-order valence-electron chi connectivity index (χ3n) is 4.17. The molecule has 8 heteroatoms. The Morgan fingerprint density at radius 2 is 1.92 bits per heavy atom. The smallest absolute Gasteiger partial charge is 0.422 e. The van der Waals surface area contributed by atoms with Gasteiger partial charge < -0.3 is 4.74 Å². The first-order valence-corrected chi connectivity index (χ1v) is 8.27. The van der Waals surface area contributed by atoms with Crippen LogP contribution in [0.4, 0.5) is 24.7 Å². The SMILES string of the molecule is CC(=O)N(c1ccc(OCC(F)(F)F)cc1)c1ccnc(C2CCC2)n1. The summed E-state index contributed by atoms with van der Waals surface area (Å²) in [5.41, 5.74) is 0.495. The van der Waals surface area contributed by atoms with Crippen molar-refractivity contribution in [1.29, 1.82) is 0 Å². The topological polar surface area (TPSA) is 55.3 Å². The minimum Gasteiger partial charge on any atom is -0.484 e. The molecule has 1 aliphatic rings. The maximum atomic E-state index is 12.2. The molecule has 0 N–H and O–H groups in total. The number of carbonyl (C=O) groups excluding carboxylic acids is 1. The molecular formula is C18H18F3N3O2. The number of carbonyl (C=O) groups is 1. The molecular weight excluding hydrogens is 347 g/mol. The zero-order valence-electron chi connectivity index (χ0n) is 14.2. The van der Waals surface area contributed by atoms with Crippen molar-refractivity contribution in [3.8, 4) is 5.75 Å². The first kappa shape index (κ1) is 18.2. The molecule has 138 valence electrons. The van der Waals surface area contributed by atoms with Crippen LogP contribution < -0.4 is 9.64 Å². The standard InChI is InChI=1S/C18H18F3N3O2/c1-12(25)24(16-9-10-22-17(23-16)13-3-2-4-13)14-5-7-15(8-6-14)26-11-18(19,20)21/h5-10,13H,2-4,11H2,1H3. The molecule has 0 bridgehead atoms. The lowest BCUT2D eigenvalue weighted by molar-refractivity contribution is -0.153. The van der Waals surface area contributed by atoms with Crippen molar-refractivity contribution in [2.24, 2.45) is 0 Å². The van der Waals surface area contributed by atoms with Crippen LogP contribution in [0.2, 0.25) is 0 Å². The fourth-order valence-electron chi connectivity index (χ4n) is 2.68. The summed E-state index contributed by atoms with van der Waals surface area (Å²) in [4.78, 5) is 22.3. The molecule has 1 amide bonds. The molecule has 5 nitrogen and oxygen atoms in total. The monoisotopic (exact) mass is 365 g/mol. The Morgan fingerprint density at radius 1 is 1.23 bits per heavy atom.